The van der Waals surface area contributed by atoms with Crippen LogP contribution in [0.25, 0.3) is 0 Å². The van der Waals surface area contributed by atoms with Crippen LogP contribution in [0.4, 0.5) is 16.2 Å². The average molecular weight is 427 g/mol. The molecule has 2 heterocycles. The van der Waals surface area contributed by atoms with E-state index in [2.05, 4.69) is 36.3 Å². The van der Waals surface area contributed by atoms with Gasteiger partial charge in [-0.2, -0.15) is 0 Å². The van der Waals surface area contributed by atoms with Crippen LogP contribution in [0, 0.1) is 11.3 Å². The monoisotopic (exact) mass is 426 g/mol. The smallest absolute Gasteiger partial charge is 0.325 e. The van der Waals surface area contributed by atoms with Gasteiger partial charge in [0.1, 0.15) is 12.1 Å². The van der Waals surface area contributed by atoms with Gasteiger partial charge >= 0.3 is 6.03 Å². The van der Waals surface area contributed by atoms with Gasteiger partial charge in [-0.05, 0) is 74.1 Å². The van der Waals surface area contributed by atoms with Crippen LogP contribution in [0.1, 0.15) is 59.3 Å². The number of nitrogens with one attached hydrogen (secondary N) is 2. The topological polar surface area (TPSA) is 81.8 Å². The van der Waals surface area contributed by atoms with Crippen molar-refractivity contribution in [3.05, 3.63) is 24.3 Å². The number of carbonyl (C=O) groups excluding carboxylic acids is 3. The summed E-state index contributed by atoms with van der Waals surface area (Å²) in [4.78, 5) is 41.8. The number of benzene rings is 1. The highest BCUT2D eigenvalue weighted by Crippen LogP contribution is 2.46. The molecule has 168 valence electrons. The lowest BCUT2D eigenvalue weighted by molar-refractivity contribution is -0.136. The SMILES string of the molecule is C[C@@H]1CC(C)(C)C[C@]2(C1)NC(=O)N(CC(=O)Nc1ccc(N3CCCCC3)cc1)C2=O. The zero-order chi connectivity index (χ0) is 22.2. The summed E-state index contributed by atoms with van der Waals surface area (Å²) in [6.45, 7) is 8.24. The fraction of sp³-hybridized carbons (Fsp3) is 0.625. The molecular formula is C24H34N4O3. The molecule has 1 saturated carbocycles. The number of nitrogens with zero attached hydrogens (tertiary/aromatic N) is 2. The maximum Gasteiger partial charge on any atom is 0.325 e. The number of urea groups is 1. The first-order valence-electron chi connectivity index (χ1n) is 11.5. The van der Waals surface area contributed by atoms with E-state index in [9.17, 15) is 14.4 Å². The lowest BCUT2D eigenvalue weighted by atomic mass is 9.64. The number of carbonyl (C=O) groups is 3. The van der Waals surface area contributed by atoms with Crippen LogP contribution in [0.15, 0.2) is 24.3 Å². The highest BCUT2D eigenvalue weighted by molar-refractivity contribution is 6.10. The first kappa shape index (κ1) is 21.7. The molecule has 7 heteroatoms. The zero-order valence-corrected chi connectivity index (χ0v) is 18.9. The van der Waals surface area contributed by atoms with Gasteiger partial charge in [0.2, 0.25) is 5.91 Å². The Hall–Kier alpha value is -2.57. The molecule has 0 radical (unpaired) electrons. The van der Waals surface area contributed by atoms with Crippen molar-refractivity contribution >= 4 is 29.2 Å². The van der Waals surface area contributed by atoms with Crippen molar-refractivity contribution in [2.24, 2.45) is 11.3 Å². The molecular weight excluding hydrogens is 392 g/mol. The second kappa shape index (κ2) is 8.17. The minimum Gasteiger partial charge on any atom is -0.372 e. The second-order valence-corrected chi connectivity index (χ2v) is 10.4. The number of imide groups is 1. The predicted octanol–water partition coefficient (Wildman–Crippen LogP) is 3.75. The lowest BCUT2D eigenvalue weighted by Gasteiger charge is -2.43. The van der Waals surface area contributed by atoms with Gasteiger partial charge in [-0.3, -0.25) is 14.5 Å². The summed E-state index contributed by atoms with van der Waals surface area (Å²) in [7, 11) is 0. The number of piperidine rings is 1. The van der Waals surface area contributed by atoms with Crippen LogP contribution in [0.3, 0.4) is 0 Å². The van der Waals surface area contributed by atoms with Crippen molar-refractivity contribution in [3.63, 3.8) is 0 Å². The van der Waals surface area contributed by atoms with Crippen LogP contribution in [0.2, 0.25) is 0 Å². The summed E-state index contributed by atoms with van der Waals surface area (Å²) in [5.41, 5.74) is 0.909. The molecule has 2 N–H and O–H groups in total. The first-order valence-corrected chi connectivity index (χ1v) is 11.5. The van der Waals surface area contributed by atoms with E-state index in [1.807, 2.05) is 24.3 Å². The summed E-state index contributed by atoms with van der Waals surface area (Å²) in [5, 5.41) is 5.75. The summed E-state index contributed by atoms with van der Waals surface area (Å²) in [6.07, 6.45) is 5.95. The van der Waals surface area contributed by atoms with E-state index >= 15 is 0 Å². The van der Waals surface area contributed by atoms with Crippen molar-refractivity contribution in [1.29, 1.82) is 0 Å². The number of rotatable bonds is 4. The van der Waals surface area contributed by atoms with Gasteiger partial charge in [-0.15, -0.1) is 0 Å². The Morgan fingerprint density at radius 1 is 1.10 bits per heavy atom. The molecule has 1 aliphatic carbocycles. The van der Waals surface area contributed by atoms with Crippen molar-refractivity contribution in [2.75, 3.05) is 29.9 Å². The zero-order valence-electron chi connectivity index (χ0n) is 18.9. The standard InChI is InChI=1S/C24H34N4O3/c1-17-13-23(2,3)16-24(14-17)21(30)28(22(31)26-24)15-20(29)25-18-7-9-19(10-8-18)27-11-5-4-6-12-27/h7-10,17H,4-6,11-16H2,1-3H3,(H,25,29)(H,26,31)/t17-,24+/m1/s1. The van der Waals surface area contributed by atoms with E-state index < -0.39 is 11.6 Å². The lowest BCUT2D eigenvalue weighted by Crippen LogP contribution is -2.54. The maximum atomic E-state index is 13.2. The molecule has 3 aliphatic rings. The van der Waals surface area contributed by atoms with Crippen LogP contribution in [0.5, 0.6) is 0 Å². The number of anilines is 2. The number of hydrogen-bond acceptors (Lipinski definition) is 4. The molecule has 1 aromatic carbocycles. The first-order chi connectivity index (χ1) is 14.7. The third-order valence-electron chi connectivity index (χ3n) is 6.80. The second-order valence-electron chi connectivity index (χ2n) is 10.4. The molecule has 4 rings (SSSR count). The van der Waals surface area contributed by atoms with Crippen molar-refractivity contribution < 1.29 is 14.4 Å². The van der Waals surface area contributed by atoms with Crippen LogP contribution in [-0.2, 0) is 9.59 Å². The van der Waals surface area contributed by atoms with E-state index in [0.29, 0.717) is 24.4 Å². The Labute approximate surface area is 184 Å². The van der Waals surface area contributed by atoms with Crippen LogP contribution >= 0.6 is 0 Å². The highest BCUT2D eigenvalue weighted by atomic mass is 16.2. The van der Waals surface area contributed by atoms with Gasteiger partial charge in [0.05, 0.1) is 0 Å². The minimum atomic E-state index is -0.880. The van der Waals surface area contributed by atoms with Gasteiger partial charge < -0.3 is 15.5 Å². The van der Waals surface area contributed by atoms with Crippen molar-refractivity contribution in [1.82, 2.24) is 10.2 Å². The molecule has 0 aromatic heterocycles. The van der Waals surface area contributed by atoms with E-state index in [1.165, 1.54) is 19.3 Å². The van der Waals surface area contributed by atoms with Gasteiger partial charge in [0.15, 0.2) is 0 Å². The van der Waals surface area contributed by atoms with E-state index in [0.717, 1.165) is 30.1 Å². The molecule has 0 bridgehead atoms. The fourth-order valence-electron chi connectivity index (χ4n) is 5.90. The summed E-state index contributed by atoms with van der Waals surface area (Å²) < 4.78 is 0. The average Bonchev–Trinajstić information content (AvgIpc) is 2.91. The third kappa shape index (κ3) is 4.55. The Morgan fingerprint density at radius 3 is 2.42 bits per heavy atom. The summed E-state index contributed by atoms with van der Waals surface area (Å²) in [5.74, 6) is -0.303. The van der Waals surface area contributed by atoms with E-state index in [-0.39, 0.29) is 23.8 Å². The van der Waals surface area contributed by atoms with Gasteiger partial charge in [0, 0.05) is 24.5 Å². The Bertz CT molecular complexity index is 860. The van der Waals surface area contributed by atoms with E-state index in [4.69, 9.17) is 0 Å². The molecule has 31 heavy (non-hydrogen) atoms. The highest BCUT2D eigenvalue weighted by Gasteiger charge is 2.56. The molecule has 7 nitrogen and oxygen atoms in total. The maximum absolute atomic E-state index is 13.2. The summed E-state index contributed by atoms with van der Waals surface area (Å²) >= 11 is 0. The van der Waals surface area contributed by atoms with Crippen molar-refractivity contribution in [3.8, 4) is 0 Å². The molecule has 0 unspecified atom stereocenters. The number of hydrogen-bond donors (Lipinski definition) is 2. The van der Waals surface area contributed by atoms with E-state index in [1.54, 1.807) is 0 Å². The molecule has 1 aromatic rings. The third-order valence-corrected chi connectivity index (χ3v) is 6.80. The Kier molecular flexibility index (Phi) is 5.71. The molecule has 1 spiro atoms. The predicted molar refractivity (Wildman–Crippen MR) is 121 cm³/mol. The quantitative estimate of drug-likeness (QED) is 0.719. The van der Waals surface area contributed by atoms with Crippen LogP contribution < -0.4 is 15.5 Å². The number of amides is 4. The molecule has 4 amide bonds. The summed E-state index contributed by atoms with van der Waals surface area (Å²) in [6, 6.07) is 7.30. The van der Waals surface area contributed by atoms with Crippen molar-refractivity contribution in [2.45, 2.75) is 64.8 Å². The fourth-order valence-corrected chi connectivity index (χ4v) is 5.90. The molecule has 2 aliphatic heterocycles. The molecule has 2 saturated heterocycles. The Morgan fingerprint density at radius 2 is 1.77 bits per heavy atom. The van der Waals surface area contributed by atoms with Gasteiger partial charge in [-0.1, -0.05) is 20.8 Å². The normalized spacial score (nSPS) is 28.0. The Balaban J connectivity index is 1.38. The minimum absolute atomic E-state index is 0.0328. The molecule has 3 fully saturated rings. The van der Waals surface area contributed by atoms with Gasteiger partial charge in [-0.25, -0.2) is 4.79 Å². The van der Waals surface area contributed by atoms with Crippen LogP contribution in [-0.4, -0.2) is 47.9 Å². The van der Waals surface area contributed by atoms with Gasteiger partial charge in [0.25, 0.3) is 5.91 Å². The largest absolute Gasteiger partial charge is 0.372 e. The molecule has 2 atom stereocenters.